The molecule has 186 valence electrons. The molecule has 34 heavy (non-hydrogen) atoms. The molecule has 0 saturated carbocycles. The fraction of sp³-hybridized carbons (Fsp3) is 0.440. The van der Waals surface area contributed by atoms with Crippen molar-refractivity contribution in [2.45, 2.75) is 45.7 Å². The SMILES string of the molecule is CC[C@H](C(=O)NC)N(Cc1ccccc1C)C(=O)CCCN(c1ccccc1OC)S(C)(=O)=O. The predicted molar refractivity (Wildman–Crippen MR) is 134 cm³/mol. The molecule has 0 fully saturated rings. The largest absolute Gasteiger partial charge is 0.495 e. The summed E-state index contributed by atoms with van der Waals surface area (Å²) < 4.78 is 31.6. The number of benzene rings is 2. The maximum Gasteiger partial charge on any atom is 0.242 e. The van der Waals surface area contributed by atoms with Crippen molar-refractivity contribution in [1.29, 1.82) is 0 Å². The second-order valence-corrected chi connectivity index (χ2v) is 10.0. The van der Waals surface area contributed by atoms with E-state index in [0.717, 1.165) is 17.4 Å². The number of aryl methyl sites for hydroxylation is 1. The van der Waals surface area contributed by atoms with E-state index in [-0.39, 0.29) is 24.8 Å². The van der Waals surface area contributed by atoms with Crippen LogP contribution in [-0.2, 0) is 26.2 Å². The van der Waals surface area contributed by atoms with Gasteiger partial charge in [0.15, 0.2) is 0 Å². The number of hydrogen-bond acceptors (Lipinski definition) is 5. The average molecular weight is 490 g/mol. The van der Waals surface area contributed by atoms with Crippen molar-refractivity contribution in [1.82, 2.24) is 10.2 Å². The molecule has 2 amide bonds. The summed E-state index contributed by atoms with van der Waals surface area (Å²) in [7, 11) is -0.561. The molecule has 0 aromatic heterocycles. The minimum Gasteiger partial charge on any atom is -0.495 e. The molecule has 0 radical (unpaired) electrons. The van der Waals surface area contributed by atoms with Gasteiger partial charge in [0.2, 0.25) is 21.8 Å². The van der Waals surface area contributed by atoms with Crippen molar-refractivity contribution in [3.63, 3.8) is 0 Å². The van der Waals surface area contributed by atoms with Gasteiger partial charge in [-0.15, -0.1) is 0 Å². The molecule has 0 saturated heterocycles. The maximum absolute atomic E-state index is 13.3. The van der Waals surface area contributed by atoms with Gasteiger partial charge >= 0.3 is 0 Å². The minimum atomic E-state index is -3.60. The van der Waals surface area contributed by atoms with Gasteiger partial charge in [-0.1, -0.05) is 43.3 Å². The van der Waals surface area contributed by atoms with Crippen LogP contribution in [0.3, 0.4) is 0 Å². The van der Waals surface area contributed by atoms with Crippen molar-refractivity contribution >= 4 is 27.5 Å². The van der Waals surface area contributed by atoms with Gasteiger partial charge in [0.1, 0.15) is 11.8 Å². The number of carbonyl (C=O) groups excluding carboxylic acids is 2. The van der Waals surface area contributed by atoms with Gasteiger partial charge < -0.3 is 15.0 Å². The van der Waals surface area contributed by atoms with Crippen LogP contribution < -0.4 is 14.4 Å². The van der Waals surface area contributed by atoms with Gasteiger partial charge in [0.05, 0.1) is 19.1 Å². The molecule has 0 bridgehead atoms. The highest BCUT2D eigenvalue weighted by Crippen LogP contribution is 2.29. The Bertz CT molecular complexity index is 1090. The highest BCUT2D eigenvalue weighted by Gasteiger charge is 2.28. The van der Waals surface area contributed by atoms with Crippen LogP contribution >= 0.6 is 0 Å². The van der Waals surface area contributed by atoms with E-state index in [4.69, 9.17) is 4.74 Å². The van der Waals surface area contributed by atoms with Gasteiger partial charge in [-0.3, -0.25) is 13.9 Å². The summed E-state index contributed by atoms with van der Waals surface area (Å²) in [5.74, 6) is 0.00879. The van der Waals surface area contributed by atoms with Crippen molar-refractivity contribution in [2.24, 2.45) is 0 Å². The second-order valence-electron chi connectivity index (χ2n) is 8.10. The fourth-order valence-corrected chi connectivity index (χ4v) is 4.84. The summed E-state index contributed by atoms with van der Waals surface area (Å²) in [6.07, 6.45) is 1.98. The number of rotatable bonds is 12. The molecule has 0 aliphatic rings. The van der Waals surface area contributed by atoms with Crippen LogP contribution in [0.2, 0.25) is 0 Å². The van der Waals surface area contributed by atoms with E-state index < -0.39 is 16.1 Å². The summed E-state index contributed by atoms with van der Waals surface area (Å²) in [6, 6.07) is 14.0. The van der Waals surface area contributed by atoms with Crippen LogP contribution in [0.25, 0.3) is 0 Å². The van der Waals surface area contributed by atoms with E-state index in [1.807, 2.05) is 38.1 Å². The number of para-hydroxylation sites is 2. The first kappa shape index (κ1) is 27.2. The zero-order valence-electron chi connectivity index (χ0n) is 20.6. The normalized spacial score (nSPS) is 12.0. The number of sulfonamides is 1. The number of nitrogens with zero attached hydrogens (tertiary/aromatic N) is 2. The quantitative estimate of drug-likeness (QED) is 0.494. The number of ether oxygens (including phenoxy) is 1. The molecular formula is C25H35N3O5S. The van der Waals surface area contributed by atoms with Gasteiger partial charge in [0, 0.05) is 26.6 Å². The lowest BCUT2D eigenvalue weighted by Crippen LogP contribution is -2.48. The van der Waals surface area contributed by atoms with Crippen LogP contribution in [0.5, 0.6) is 5.75 Å². The van der Waals surface area contributed by atoms with E-state index in [9.17, 15) is 18.0 Å². The topological polar surface area (TPSA) is 96.0 Å². The Morgan fingerprint density at radius 2 is 1.74 bits per heavy atom. The lowest BCUT2D eigenvalue weighted by atomic mass is 10.1. The molecule has 1 atom stereocenters. The third-order valence-corrected chi connectivity index (χ3v) is 6.92. The molecule has 0 heterocycles. The first-order valence-electron chi connectivity index (χ1n) is 11.3. The summed E-state index contributed by atoms with van der Waals surface area (Å²) in [4.78, 5) is 27.4. The number of carbonyl (C=O) groups is 2. The zero-order chi connectivity index (χ0) is 25.3. The molecule has 2 aromatic carbocycles. The molecule has 9 heteroatoms. The Morgan fingerprint density at radius 1 is 1.09 bits per heavy atom. The van der Waals surface area contributed by atoms with Crippen LogP contribution in [0.1, 0.15) is 37.3 Å². The zero-order valence-corrected chi connectivity index (χ0v) is 21.4. The Morgan fingerprint density at radius 3 is 2.32 bits per heavy atom. The Hall–Kier alpha value is -3.07. The number of amides is 2. The summed E-state index contributed by atoms with van der Waals surface area (Å²) in [5.41, 5.74) is 2.42. The molecular weight excluding hydrogens is 454 g/mol. The second kappa shape index (κ2) is 12.4. The molecule has 0 spiro atoms. The molecule has 0 unspecified atom stereocenters. The number of anilines is 1. The third-order valence-electron chi connectivity index (χ3n) is 5.74. The Balaban J connectivity index is 2.23. The maximum atomic E-state index is 13.3. The lowest BCUT2D eigenvalue weighted by molar-refractivity contribution is -0.141. The van der Waals surface area contributed by atoms with Crippen LogP contribution in [0, 0.1) is 6.92 Å². The van der Waals surface area contributed by atoms with E-state index >= 15 is 0 Å². The number of likely N-dealkylation sites (N-methyl/N-ethyl adjacent to an activating group) is 1. The molecule has 2 rings (SSSR count). The van der Waals surface area contributed by atoms with Crippen molar-refractivity contribution < 1.29 is 22.7 Å². The average Bonchev–Trinajstić information content (AvgIpc) is 2.81. The summed E-state index contributed by atoms with van der Waals surface area (Å²) >= 11 is 0. The molecule has 0 aliphatic heterocycles. The summed E-state index contributed by atoms with van der Waals surface area (Å²) in [5, 5.41) is 2.65. The predicted octanol–water partition coefficient (Wildman–Crippen LogP) is 3.10. The highest BCUT2D eigenvalue weighted by molar-refractivity contribution is 7.92. The number of nitrogens with one attached hydrogen (secondary N) is 1. The smallest absolute Gasteiger partial charge is 0.242 e. The van der Waals surface area contributed by atoms with E-state index in [1.165, 1.54) is 11.4 Å². The molecule has 8 nitrogen and oxygen atoms in total. The van der Waals surface area contributed by atoms with Gasteiger partial charge in [-0.2, -0.15) is 0 Å². The Labute approximate surface area is 202 Å². The van der Waals surface area contributed by atoms with E-state index in [2.05, 4.69) is 5.32 Å². The minimum absolute atomic E-state index is 0.0978. The first-order chi connectivity index (χ1) is 16.1. The third kappa shape index (κ3) is 6.96. The first-order valence-corrected chi connectivity index (χ1v) is 13.1. The monoisotopic (exact) mass is 489 g/mol. The van der Waals surface area contributed by atoms with Crippen LogP contribution in [0.15, 0.2) is 48.5 Å². The van der Waals surface area contributed by atoms with Crippen molar-refractivity contribution in [2.75, 3.05) is 31.3 Å². The van der Waals surface area contributed by atoms with E-state index in [1.54, 1.807) is 36.2 Å². The Kier molecular flexibility index (Phi) is 9.92. The van der Waals surface area contributed by atoms with Gasteiger partial charge in [-0.05, 0) is 43.0 Å². The standard InChI is InChI=1S/C25H35N3O5S/c1-6-21(25(30)26-3)27(18-20-13-8-7-12-19(20)2)24(29)16-11-17-28(34(5,31)32)22-14-9-10-15-23(22)33-4/h7-10,12-15,21H,6,11,16-18H2,1-5H3,(H,26,30)/t21-/m1/s1. The lowest BCUT2D eigenvalue weighted by Gasteiger charge is -2.31. The number of methoxy groups -OCH3 is 1. The van der Waals surface area contributed by atoms with Gasteiger partial charge in [-0.25, -0.2) is 8.42 Å². The highest BCUT2D eigenvalue weighted by atomic mass is 32.2. The molecule has 2 aromatic rings. The fourth-order valence-electron chi connectivity index (χ4n) is 3.88. The van der Waals surface area contributed by atoms with Gasteiger partial charge in [0.25, 0.3) is 0 Å². The van der Waals surface area contributed by atoms with Crippen LogP contribution in [-0.4, -0.2) is 58.1 Å². The van der Waals surface area contributed by atoms with Crippen molar-refractivity contribution in [3.8, 4) is 5.75 Å². The summed E-state index contributed by atoms with van der Waals surface area (Å²) in [6.45, 7) is 4.25. The van der Waals surface area contributed by atoms with Crippen molar-refractivity contribution in [3.05, 3.63) is 59.7 Å². The van der Waals surface area contributed by atoms with E-state index in [0.29, 0.717) is 30.8 Å². The molecule has 1 N–H and O–H groups in total. The molecule has 0 aliphatic carbocycles. The van der Waals surface area contributed by atoms with Crippen LogP contribution in [0.4, 0.5) is 5.69 Å². The number of hydrogen-bond donors (Lipinski definition) is 1.